The Morgan fingerprint density at radius 2 is 1.82 bits per heavy atom. The van der Waals surface area contributed by atoms with Gasteiger partial charge in [-0.1, -0.05) is 6.42 Å². The van der Waals surface area contributed by atoms with E-state index in [0.717, 1.165) is 6.73 Å². The molecule has 0 aromatic rings. The minimum absolute atomic E-state index is 0.707. The van der Waals surface area contributed by atoms with Gasteiger partial charge in [-0.3, -0.25) is 4.90 Å². The highest BCUT2D eigenvalue weighted by Gasteiger charge is 2.23. The van der Waals surface area contributed by atoms with Crippen molar-refractivity contribution in [3.05, 3.63) is 0 Å². The molecule has 0 spiro atoms. The summed E-state index contributed by atoms with van der Waals surface area (Å²) < 4.78 is 5.15. The van der Waals surface area contributed by atoms with Crippen molar-refractivity contribution in [3.63, 3.8) is 0 Å². The molecule has 0 bridgehead atoms. The van der Waals surface area contributed by atoms with Crippen molar-refractivity contribution in [2.45, 2.75) is 45.2 Å². The molecule has 1 rings (SSSR count). The maximum absolute atomic E-state index is 5.15. The first-order valence-electron chi connectivity index (χ1n) is 4.50. The average Bonchev–Trinajstić information content (AvgIpc) is 1.97. The minimum atomic E-state index is 0.707. The molecule has 1 fully saturated rings. The van der Waals surface area contributed by atoms with Crippen LogP contribution in [0.1, 0.15) is 33.1 Å². The van der Waals surface area contributed by atoms with Crippen molar-refractivity contribution in [2.24, 2.45) is 0 Å². The highest BCUT2D eigenvalue weighted by atomic mass is 16.5. The first-order chi connectivity index (χ1) is 5.25. The summed E-state index contributed by atoms with van der Waals surface area (Å²) in [6, 6.07) is 1.41. The molecule has 2 heteroatoms. The Morgan fingerprint density at radius 3 is 2.27 bits per heavy atom. The Labute approximate surface area is 69.5 Å². The molecule has 0 N–H and O–H groups in total. The van der Waals surface area contributed by atoms with E-state index in [1.807, 2.05) is 0 Å². The smallest absolute Gasteiger partial charge is 0.0990 e. The largest absolute Gasteiger partial charge is 0.369 e. The maximum atomic E-state index is 5.15. The molecule has 1 saturated heterocycles. The van der Waals surface area contributed by atoms with E-state index < -0.39 is 0 Å². The molecular weight excluding hydrogens is 138 g/mol. The van der Waals surface area contributed by atoms with E-state index in [0.29, 0.717) is 12.1 Å². The number of hydrogen-bond acceptors (Lipinski definition) is 2. The monoisotopic (exact) mass is 157 g/mol. The Kier molecular flexibility index (Phi) is 3.34. The van der Waals surface area contributed by atoms with Crippen LogP contribution in [0.15, 0.2) is 0 Å². The van der Waals surface area contributed by atoms with Gasteiger partial charge in [-0.25, -0.2) is 0 Å². The van der Waals surface area contributed by atoms with Gasteiger partial charge in [-0.2, -0.15) is 0 Å². The number of ether oxygens (including phenoxy) is 1. The summed E-state index contributed by atoms with van der Waals surface area (Å²) in [6.45, 7) is 5.37. The van der Waals surface area contributed by atoms with Crippen LogP contribution in [0, 0.1) is 0 Å². The Hall–Kier alpha value is -0.0800. The van der Waals surface area contributed by atoms with Crippen molar-refractivity contribution in [3.8, 4) is 0 Å². The van der Waals surface area contributed by atoms with E-state index in [4.69, 9.17) is 4.74 Å². The molecule has 1 aliphatic rings. The molecule has 11 heavy (non-hydrogen) atoms. The highest BCUT2D eigenvalue weighted by molar-refractivity contribution is 4.77. The summed E-state index contributed by atoms with van der Waals surface area (Å²) >= 11 is 0. The van der Waals surface area contributed by atoms with Crippen LogP contribution in [-0.4, -0.2) is 30.8 Å². The van der Waals surface area contributed by atoms with Gasteiger partial charge >= 0.3 is 0 Å². The van der Waals surface area contributed by atoms with Crippen LogP contribution in [-0.2, 0) is 4.74 Å². The third-order valence-corrected chi connectivity index (χ3v) is 2.65. The van der Waals surface area contributed by atoms with Gasteiger partial charge in [0.1, 0.15) is 0 Å². The van der Waals surface area contributed by atoms with E-state index in [1.165, 1.54) is 19.3 Å². The molecule has 2 atom stereocenters. The highest BCUT2D eigenvalue weighted by Crippen LogP contribution is 2.21. The van der Waals surface area contributed by atoms with Crippen LogP contribution in [0.3, 0.4) is 0 Å². The van der Waals surface area contributed by atoms with Crippen LogP contribution in [0.4, 0.5) is 0 Å². The van der Waals surface area contributed by atoms with Gasteiger partial charge in [0, 0.05) is 19.2 Å². The molecular formula is C9H19NO. The quantitative estimate of drug-likeness (QED) is 0.606. The molecule has 1 heterocycles. The lowest BCUT2D eigenvalue weighted by Gasteiger charge is -2.38. The first-order valence-corrected chi connectivity index (χ1v) is 4.50. The second-order valence-electron chi connectivity index (χ2n) is 3.56. The van der Waals surface area contributed by atoms with Crippen LogP contribution in [0.25, 0.3) is 0 Å². The van der Waals surface area contributed by atoms with Gasteiger partial charge in [0.15, 0.2) is 0 Å². The molecule has 66 valence electrons. The van der Waals surface area contributed by atoms with Crippen LogP contribution < -0.4 is 0 Å². The van der Waals surface area contributed by atoms with Gasteiger partial charge in [0.05, 0.1) is 6.73 Å². The lowest BCUT2D eigenvalue weighted by Crippen LogP contribution is -2.44. The third kappa shape index (κ3) is 2.17. The van der Waals surface area contributed by atoms with E-state index in [-0.39, 0.29) is 0 Å². The lowest BCUT2D eigenvalue weighted by atomic mass is 9.98. The molecule has 0 amide bonds. The predicted octanol–water partition coefficient (Wildman–Crippen LogP) is 1.85. The van der Waals surface area contributed by atoms with Gasteiger partial charge in [0.25, 0.3) is 0 Å². The summed E-state index contributed by atoms with van der Waals surface area (Å²) in [7, 11) is 1.77. The van der Waals surface area contributed by atoms with Gasteiger partial charge in [-0.05, 0) is 26.7 Å². The Balaban J connectivity index is 2.41. The Morgan fingerprint density at radius 1 is 1.27 bits per heavy atom. The van der Waals surface area contributed by atoms with Crippen molar-refractivity contribution in [1.82, 2.24) is 4.90 Å². The predicted molar refractivity (Wildman–Crippen MR) is 46.5 cm³/mol. The van der Waals surface area contributed by atoms with Crippen molar-refractivity contribution >= 4 is 0 Å². The normalized spacial score (nSPS) is 34.1. The van der Waals surface area contributed by atoms with Crippen molar-refractivity contribution in [2.75, 3.05) is 13.8 Å². The zero-order chi connectivity index (χ0) is 8.27. The molecule has 1 aliphatic heterocycles. The van der Waals surface area contributed by atoms with Crippen molar-refractivity contribution in [1.29, 1.82) is 0 Å². The van der Waals surface area contributed by atoms with E-state index >= 15 is 0 Å². The SMILES string of the molecule is COCN1C(C)CCCC1C. The number of methoxy groups -OCH3 is 1. The van der Waals surface area contributed by atoms with E-state index in [2.05, 4.69) is 18.7 Å². The number of likely N-dealkylation sites (tertiary alicyclic amines) is 1. The van der Waals surface area contributed by atoms with Gasteiger partial charge in [0.2, 0.25) is 0 Å². The van der Waals surface area contributed by atoms with Crippen LogP contribution >= 0.6 is 0 Å². The van der Waals surface area contributed by atoms with E-state index in [9.17, 15) is 0 Å². The molecule has 2 unspecified atom stereocenters. The molecule has 0 saturated carbocycles. The maximum Gasteiger partial charge on any atom is 0.0990 e. The molecule has 2 nitrogen and oxygen atoms in total. The van der Waals surface area contributed by atoms with Crippen LogP contribution in [0.5, 0.6) is 0 Å². The van der Waals surface area contributed by atoms with Gasteiger partial charge in [-0.15, -0.1) is 0 Å². The number of piperidine rings is 1. The minimum Gasteiger partial charge on any atom is -0.369 e. The molecule has 0 aromatic carbocycles. The fraction of sp³-hybridized carbons (Fsp3) is 1.00. The summed E-state index contributed by atoms with van der Waals surface area (Å²) in [5.74, 6) is 0. The Bertz CT molecular complexity index is 106. The van der Waals surface area contributed by atoms with Crippen LogP contribution in [0.2, 0.25) is 0 Å². The number of rotatable bonds is 2. The first kappa shape index (κ1) is 9.01. The fourth-order valence-corrected chi connectivity index (χ4v) is 1.88. The number of nitrogens with zero attached hydrogens (tertiary/aromatic N) is 1. The lowest BCUT2D eigenvalue weighted by molar-refractivity contribution is -0.00934. The fourth-order valence-electron chi connectivity index (χ4n) is 1.88. The zero-order valence-electron chi connectivity index (χ0n) is 7.84. The summed E-state index contributed by atoms with van der Waals surface area (Å²) in [6.07, 6.45) is 4.03. The summed E-state index contributed by atoms with van der Waals surface area (Å²) in [4.78, 5) is 2.43. The molecule has 0 aromatic heterocycles. The summed E-state index contributed by atoms with van der Waals surface area (Å²) in [5, 5.41) is 0. The average molecular weight is 157 g/mol. The van der Waals surface area contributed by atoms with Crippen molar-refractivity contribution < 1.29 is 4.74 Å². The zero-order valence-corrected chi connectivity index (χ0v) is 7.84. The standard InChI is InChI=1S/C9H19NO/c1-8-5-4-6-9(2)10(8)7-11-3/h8-9H,4-7H2,1-3H3. The topological polar surface area (TPSA) is 12.5 Å². The number of hydrogen-bond donors (Lipinski definition) is 0. The van der Waals surface area contributed by atoms with Gasteiger partial charge < -0.3 is 4.74 Å². The van der Waals surface area contributed by atoms with E-state index in [1.54, 1.807) is 7.11 Å². The summed E-state index contributed by atoms with van der Waals surface area (Å²) in [5.41, 5.74) is 0. The second-order valence-corrected chi connectivity index (χ2v) is 3.56. The molecule has 0 radical (unpaired) electrons. The molecule has 0 aliphatic carbocycles. The second kappa shape index (κ2) is 4.07. The third-order valence-electron chi connectivity index (χ3n) is 2.65.